The molecule has 9 heavy (non-hydrogen) atoms. The first kappa shape index (κ1) is 12.4. The van der Waals surface area contributed by atoms with Gasteiger partial charge in [-0.1, -0.05) is 46.5 Å². The van der Waals surface area contributed by atoms with E-state index in [2.05, 4.69) is 20.8 Å². The van der Waals surface area contributed by atoms with Crippen molar-refractivity contribution >= 4 is 23.1 Å². The molecule has 0 spiro atoms. The van der Waals surface area contributed by atoms with Crippen molar-refractivity contribution in [2.24, 2.45) is 5.92 Å². The van der Waals surface area contributed by atoms with Gasteiger partial charge in [-0.05, 0) is 5.92 Å². The van der Waals surface area contributed by atoms with Crippen molar-refractivity contribution in [1.29, 1.82) is 0 Å². The monoisotopic (exact) mass is 140 g/mol. The standard InChI is InChI=1S/C8H18.Mg.2H/c1-4-6-7-8(3)5-2;;;/h8H,4-7H2,1-3H3;;;/q;+2;2*-1. The van der Waals surface area contributed by atoms with Gasteiger partial charge in [0, 0.05) is 0 Å². The topological polar surface area (TPSA) is 0 Å². The summed E-state index contributed by atoms with van der Waals surface area (Å²) in [5, 5.41) is 0. The molecule has 1 atom stereocenters. The molecule has 1 unspecified atom stereocenters. The van der Waals surface area contributed by atoms with E-state index in [0.717, 1.165) is 5.92 Å². The van der Waals surface area contributed by atoms with Gasteiger partial charge in [0.1, 0.15) is 0 Å². The maximum atomic E-state index is 2.33. The zero-order valence-corrected chi connectivity index (χ0v) is 8.53. The molecule has 0 heterocycles. The summed E-state index contributed by atoms with van der Waals surface area (Å²) >= 11 is 0. The largest absolute Gasteiger partial charge is 2.00 e. The van der Waals surface area contributed by atoms with Gasteiger partial charge in [-0.3, -0.25) is 0 Å². The first-order chi connectivity index (χ1) is 3.81. The summed E-state index contributed by atoms with van der Waals surface area (Å²) in [5.41, 5.74) is 0. The third kappa shape index (κ3) is 8.77. The average molecular weight is 141 g/mol. The summed E-state index contributed by atoms with van der Waals surface area (Å²) in [7, 11) is 0. The second-order valence-electron chi connectivity index (χ2n) is 2.66. The zero-order chi connectivity index (χ0) is 6.41. The number of hydrogen-bond donors (Lipinski definition) is 0. The first-order valence-corrected chi connectivity index (χ1v) is 3.81. The van der Waals surface area contributed by atoms with Crippen LogP contribution in [-0.4, -0.2) is 23.1 Å². The van der Waals surface area contributed by atoms with Crippen LogP contribution in [0.4, 0.5) is 0 Å². The fourth-order valence-corrected chi connectivity index (χ4v) is 0.757. The minimum atomic E-state index is 0. The Labute approximate surface area is 78.5 Å². The third-order valence-electron chi connectivity index (χ3n) is 1.75. The molecule has 0 aliphatic rings. The molecule has 0 rings (SSSR count). The minimum Gasteiger partial charge on any atom is -1.00 e. The fraction of sp³-hybridized carbons (Fsp3) is 1.00. The molecule has 0 amide bonds. The van der Waals surface area contributed by atoms with Gasteiger partial charge < -0.3 is 2.85 Å². The molecule has 0 bridgehead atoms. The van der Waals surface area contributed by atoms with Crippen LogP contribution in [0.2, 0.25) is 0 Å². The van der Waals surface area contributed by atoms with Gasteiger partial charge in [-0.25, -0.2) is 0 Å². The maximum absolute atomic E-state index is 2.33. The predicted molar refractivity (Wildman–Crippen MR) is 47.0 cm³/mol. The molecule has 0 N–H and O–H groups in total. The van der Waals surface area contributed by atoms with Crippen LogP contribution >= 0.6 is 0 Å². The van der Waals surface area contributed by atoms with Crippen LogP contribution in [0.25, 0.3) is 0 Å². The van der Waals surface area contributed by atoms with E-state index in [1.54, 1.807) is 0 Å². The van der Waals surface area contributed by atoms with E-state index < -0.39 is 0 Å². The summed E-state index contributed by atoms with van der Waals surface area (Å²) in [6, 6.07) is 0. The zero-order valence-electron chi connectivity index (χ0n) is 9.11. The van der Waals surface area contributed by atoms with Crippen LogP contribution in [0, 0.1) is 5.92 Å². The SMILES string of the molecule is CCCCC(C)CC.[H-].[H-].[Mg+2]. The molecule has 0 aliphatic carbocycles. The van der Waals surface area contributed by atoms with Crippen molar-refractivity contribution in [3.8, 4) is 0 Å². The molecule has 0 saturated heterocycles. The molecule has 0 aromatic rings. The van der Waals surface area contributed by atoms with E-state index in [9.17, 15) is 0 Å². The number of rotatable bonds is 4. The summed E-state index contributed by atoms with van der Waals surface area (Å²) in [4.78, 5) is 0. The number of hydrogen-bond acceptors (Lipinski definition) is 0. The van der Waals surface area contributed by atoms with Crippen LogP contribution in [0.3, 0.4) is 0 Å². The Hall–Kier alpha value is 0.766. The summed E-state index contributed by atoms with van der Waals surface area (Å²) in [5.74, 6) is 0.954. The Morgan fingerprint density at radius 1 is 1.33 bits per heavy atom. The van der Waals surface area contributed by atoms with Gasteiger partial charge in [0.25, 0.3) is 0 Å². The van der Waals surface area contributed by atoms with E-state index in [0.29, 0.717) is 0 Å². The second-order valence-corrected chi connectivity index (χ2v) is 2.66. The summed E-state index contributed by atoms with van der Waals surface area (Å²) in [6.07, 6.45) is 5.53. The molecule has 0 aromatic heterocycles. The first-order valence-electron chi connectivity index (χ1n) is 3.81. The minimum absolute atomic E-state index is 0. The van der Waals surface area contributed by atoms with Crippen LogP contribution in [0.15, 0.2) is 0 Å². The van der Waals surface area contributed by atoms with Crippen molar-refractivity contribution in [2.45, 2.75) is 46.5 Å². The van der Waals surface area contributed by atoms with Gasteiger partial charge in [0.05, 0.1) is 0 Å². The van der Waals surface area contributed by atoms with Crippen LogP contribution in [0.5, 0.6) is 0 Å². The normalized spacial score (nSPS) is 12.3. The van der Waals surface area contributed by atoms with Crippen LogP contribution in [0.1, 0.15) is 49.3 Å². The molecule has 0 radical (unpaired) electrons. The molecule has 0 fully saturated rings. The maximum Gasteiger partial charge on any atom is 2.00 e. The molecule has 0 saturated carbocycles. The van der Waals surface area contributed by atoms with Gasteiger partial charge in [-0.2, -0.15) is 0 Å². The molecule has 0 aromatic carbocycles. The predicted octanol–water partition coefficient (Wildman–Crippen LogP) is 3.07. The van der Waals surface area contributed by atoms with E-state index in [4.69, 9.17) is 0 Å². The smallest absolute Gasteiger partial charge is 1.00 e. The van der Waals surface area contributed by atoms with Crippen molar-refractivity contribution in [3.05, 3.63) is 0 Å². The van der Waals surface area contributed by atoms with Crippen molar-refractivity contribution in [2.75, 3.05) is 0 Å². The van der Waals surface area contributed by atoms with E-state index in [-0.39, 0.29) is 25.9 Å². The second kappa shape index (κ2) is 8.77. The van der Waals surface area contributed by atoms with Gasteiger partial charge >= 0.3 is 23.1 Å². The average Bonchev–Trinajstić information content (AvgIpc) is 1.83. The number of unbranched alkanes of at least 4 members (excludes halogenated alkanes) is 1. The summed E-state index contributed by atoms with van der Waals surface area (Å²) in [6.45, 7) is 6.85. The Morgan fingerprint density at radius 2 is 1.89 bits per heavy atom. The Bertz CT molecular complexity index is 51.4. The van der Waals surface area contributed by atoms with E-state index in [1.165, 1.54) is 25.7 Å². The molecule has 54 valence electrons. The quantitative estimate of drug-likeness (QED) is 0.527. The molecular formula is C8H20Mg. The van der Waals surface area contributed by atoms with Crippen LogP contribution in [-0.2, 0) is 0 Å². The Kier molecular flexibility index (Phi) is 12.1. The molecule has 1 heteroatoms. The van der Waals surface area contributed by atoms with E-state index in [1.807, 2.05) is 0 Å². The van der Waals surface area contributed by atoms with E-state index >= 15 is 0 Å². The van der Waals surface area contributed by atoms with Gasteiger partial charge in [0.2, 0.25) is 0 Å². The van der Waals surface area contributed by atoms with Gasteiger partial charge in [0.15, 0.2) is 0 Å². The van der Waals surface area contributed by atoms with Crippen molar-refractivity contribution < 1.29 is 2.85 Å². The van der Waals surface area contributed by atoms with Crippen molar-refractivity contribution in [1.82, 2.24) is 0 Å². The fourth-order valence-electron chi connectivity index (χ4n) is 0.757. The molecule has 0 aliphatic heterocycles. The van der Waals surface area contributed by atoms with Gasteiger partial charge in [-0.15, -0.1) is 0 Å². The van der Waals surface area contributed by atoms with Crippen molar-refractivity contribution in [3.63, 3.8) is 0 Å². The Morgan fingerprint density at radius 3 is 2.22 bits per heavy atom. The Balaban J connectivity index is -0.0000000817. The summed E-state index contributed by atoms with van der Waals surface area (Å²) < 4.78 is 0. The molecular weight excluding hydrogens is 120 g/mol. The molecule has 0 nitrogen and oxygen atoms in total. The van der Waals surface area contributed by atoms with Crippen LogP contribution < -0.4 is 0 Å². The third-order valence-corrected chi connectivity index (χ3v) is 1.75.